The normalized spacial score (nSPS) is 16.2. The summed E-state index contributed by atoms with van der Waals surface area (Å²) in [4.78, 5) is 12.7. The average Bonchev–Trinajstić information content (AvgIpc) is 3.33. The first kappa shape index (κ1) is 21.2. The van der Waals surface area contributed by atoms with E-state index in [0.29, 0.717) is 12.3 Å². The van der Waals surface area contributed by atoms with Crippen LogP contribution in [0.5, 0.6) is 0 Å². The summed E-state index contributed by atoms with van der Waals surface area (Å²) in [6, 6.07) is 23.5. The molecule has 0 aliphatic carbocycles. The van der Waals surface area contributed by atoms with E-state index in [-0.39, 0.29) is 29.0 Å². The highest BCUT2D eigenvalue weighted by Gasteiger charge is 2.21. The molecule has 0 bridgehead atoms. The van der Waals surface area contributed by atoms with Crippen molar-refractivity contribution in [2.45, 2.75) is 23.8 Å². The monoisotopic (exact) mass is 436 g/mol. The van der Waals surface area contributed by atoms with Crippen molar-refractivity contribution in [3.8, 4) is 11.1 Å². The van der Waals surface area contributed by atoms with Crippen molar-refractivity contribution in [2.24, 2.45) is 0 Å². The van der Waals surface area contributed by atoms with Gasteiger partial charge >= 0.3 is 0 Å². The summed E-state index contributed by atoms with van der Waals surface area (Å²) in [6.45, 7) is 0.890. The number of ether oxygens (including phenoxy) is 1. The maximum Gasteiger partial charge on any atom is 0.255 e. The van der Waals surface area contributed by atoms with Crippen LogP contribution in [0.1, 0.15) is 23.2 Å². The van der Waals surface area contributed by atoms with Crippen molar-refractivity contribution in [1.29, 1.82) is 0 Å². The molecule has 0 aromatic heterocycles. The molecule has 1 heterocycles. The molecule has 4 rings (SSSR count). The first-order valence-electron chi connectivity index (χ1n) is 10.2. The van der Waals surface area contributed by atoms with Gasteiger partial charge in [0.25, 0.3) is 5.91 Å². The molecule has 31 heavy (non-hydrogen) atoms. The molecule has 3 aromatic carbocycles. The van der Waals surface area contributed by atoms with Crippen LogP contribution >= 0.6 is 0 Å². The fourth-order valence-corrected chi connectivity index (χ4v) is 4.59. The van der Waals surface area contributed by atoms with Crippen LogP contribution in [0.4, 0.5) is 5.69 Å². The Morgan fingerprint density at radius 2 is 1.68 bits per heavy atom. The highest BCUT2D eigenvalue weighted by atomic mass is 32.2. The molecule has 1 atom stereocenters. The van der Waals surface area contributed by atoms with Gasteiger partial charge in [0, 0.05) is 24.4 Å². The quantitative estimate of drug-likeness (QED) is 0.585. The van der Waals surface area contributed by atoms with Crippen LogP contribution in [0.15, 0.2) is 83.8 Å². The lowest BCUT2D eigenvalue weighted by molar-refractivity contribution is 0.102. The van der Waals surface area contributed by atoms with Gasteiger partial charge in [-0.3, -0.25) is 4.79 Å². The maximum atomic E-state index is 12.7. The maximum absolute atomic E-state index is 12.7. The van der Waals surface area contributed by atoms with Crippen molar-refractivity contribution < 1.29 is 17.9 Å². The molecular formula is C24H24N2O4S. The van der Waals surface area contributed by atoms with Crippen LogP contribution in [0.25, 0.3) is 11.1 Å². The SMILES string of the molecule is O=C(Nc1ccc(-c2ccccc2)cc1)c1cccc(S(=O)(=O)NC[C@H]2CCCO2)c1. The predicted molar refractivity (Wildman–Crippen MR) is 120 cm³/mol. The van der Waals surface area contributed by atoms with Crippen LogP contribution in [0.2, 0.25) is 0 Å². The van der Waals surface area contributed by atoms with Crippen molar-refractivity contribution in [3.63, 3.8) is 0 Å². The molecule has 1 aliphatic rings. The number of rotatable bonds is 7. The standard InChI is InChI=1S/C24H24N2O4S/c27-24(26-21-13-11-19(12-14-21)18-6-2-1-3-7-18)20-8-4-10-23(16-20)31(28,29)25-17-22-9-5-15-30-22/h1-4,6-8,10-14,16,22,25H,5,9,15,17H2,(H,26,27)/t22-/m1/s1. The van der Waals surface area contributed by atoms with Gasteiger partial charge < -0.3 is 10.1 Å². The summed E-state index contributed by atoms with van der Waals surface area (Å²) in [5.41, 5.74) is 3.04. The molecule has 160 valence electrons. The third-order valence-corrected chi connectivity index (χ3v) is 6.60. The van der Waals surface area contributed by atoms with Gasteiger partial charge in [-0.1, -0.05) is 48.5 Å². The van der Waals surface area contributed by atoms with Gasteiger partial charge in [0.05, 0.1) is 11.0 Å². The fourth-order valence-electron chi connectivity index (χ4n) is 3.48. The third kappa shape index (κ3) is 5.38. The Balaban J connectivity index is 1.43. The number of carbonyl (C=O) groups excluding carboxylic acids is 1. The summed E-state index contributed by atoms with van der Waals surface area (Å²) in [5, 5.41) is 2.82. The second kappa shape index (κ2) is 9.43. The van der Waals surface area contributed by atoms with Crippen LogP contribution in [-0.2, 0) is 14.8 Å². The Hall–Kier alpha value is -3.00. The van der Waals surface area contributed by atoms with Crippen LogP contribution < -0.4 is 10.0 Å². The number of benzene rings is 3. The number of amides is 1. The Morgan fingerprint density at radius 1 is 0.935 bits per heavy atom. The van der Waals surface area contributed by atoms with E-state index < -0.39 is 10.0 Å². The zero-order valence-electron chi connectivity index (χ0n) is 17.0. The van der Waals surface area contributed by atoms with Gasteiger partial charge in [-0.2, -0.15) is 0 Å². The number of hydrogen-bond donors (Lipinski definition) is 2. The molecule has 0 spiro atoms. The Labute approximate surface area is 182 Å². The first-order chi connectivity index (χ1) is 15.0. The second-order valence-electron chi connectivity index (χ2n) is 7.41. The van der Waals surface area contributed by atoms with Crippen LogP contribution in [-0.4, -0.2) is 33.6 Å². The molecule has 3 aromatic rings. The van der Waals surface area contributed by atoms with E-state index in [2.05, 4.69) is 10.0 Å². The highest BCUT2D eigenvalue weighted by Crippen LogP contribution is 2.22. The van der Waals surface area contributed by atoms with Gasteiger partial charge in [-0.05, 0) is 54.3 Å². The zero-order valence-corrected chi connectivity index (χ0v) is 17.8. The van der Waals surface area contributed by atoms with Crippen molar-refractivity contribution >= 4 is 21.6 Å². The van der Waals surface area contributed by atoms with Gasteiger partial charge in [-0.25, -0.2) is 13.1 Å². The largest absolute Gasteiger partial charge is 0.377 e. The van der Waals surface area contributed by atoms with Gasteiger partial charge in [-0.15, -0.1) is 0 Å². The molecule has 6 nitrogen and oxygen atoms in total. The number of hydrogen-bond acceptors (Lipinski definition) is 4. The van der Waals surface area contributed by atoms with E-state index in [9.17, 15) is 13.2 Å². The van der Waals surface area contributed by atoms with Crippen molar-refractivity contribution in [3.05, 3.63) is 84.4 Å². The molecule has 1 fully saturated rings. The molecule has 2 N–H and O–H groups in total. The van der Waals surface area contributed by atoms with E-state index in [1.54, 1.807) is 12.1 Å². The summed E-state index contributed by atoms with van der Waals surface area (Å²) in [5.74, 6) is -0.372. The smallest absolute Gasteiger partial charge is 0.255 e. The third-order valence-electron chi connectivity index (χ3n) is 5.18. The summed E-state index contributed by atoms with van der Waals surface area (Å²) < 4.78 is 33.2. The fraction of sp³-hybridized carbons (Fsp3) is 0.208. The first-order valence-corrected chi connectivity index (χ1v) is 11.7. The lowest BCUT2D eigenvalue weighted by Gasteiger charge is -2.12. The number of sulfonamides is 1. The van der Waals surface area contributed by atoms with E-state index in [1.165, 1.54) is 12.1 Å². The highest BCUT2D eigenvalue weighted by molar-refractivity contribution is 7.89. The minimum atomic E-state index is -3.72. The Kier molecular flexibility index (Phi) is 6.46. The van der Waals surface area contributed by atoms with Gasteiger partial charge in [0.2, 0.25) is 10.0 Å². The summed E-state index contributed by atoms with van der Waals surface area (Å²) in [7, 11) is -3.72. The minimum absolute atomic E-state index is 0.0533. The van der Waals surface area contributed by atoms with Crippen LogP contribution in [0.3, 0.4) is 0 Å². The lowest BCUT2D eigenvalue weighted by atomic mass is 10.1. The molecule has 1 amide bonds. The second-order valence-corrected chi connectivity index (χ2v) is 9.18. The molecule has 0 unspecified atom stereocenters. The van der Waals surface area contributed by atoms with Crippen LogP contribution in [0, 0.1) is 0 Å². The zero-order chi connectivity index (χ0) is 21.7. The van der Waals surface area contributed by atoms with Crippen molar-refractivity contribution in [1.82, 2.24) is 4.72 Å². The van der Waals surface area contributed by atoms with Gasteiger partial charge in [0.15, 0.2) is 0 Å². The van der Waals surface area contributed by atoms with Crippen molar-refractivity contribution in [2.75, 3.05) is 18.5 Å². The van der Waals surface area contributed by atoms with E-state index in [4.69, 9.17) is 4.74 Å². The predicted octanol–water partition coefficient (Wildman–Crippen LogP) is 4.06. The number of carbonyl (C=O) groups is 1. The molecule has 7 heteroatoms. The minimum Gasteiger partial charge on any atom is -0.377 e. The summed E-state index contributed by atoms with van der Waals surface area (Å²) in [6.07, 6.45) is 1.68. The molecular weight excluding hydrogens is 412 g/mol. The Bertz CT molecular complexity index is 1140. The van der Waals surface area contributed by atoms with E-state index in [1.807, 2.05) is 54.6 Å². The number of anilines is 1. The molecule has 1 aliphatic heterocycles. The number of nitrogens with one attached hydrogen (secondary N) is 2. The molecule has 1 saturated heterocycles. The van der Waals surface area contributed by atoms with E-state index >= 15 is 0 Å². The lowest BCUT2D eigenvalue weighted by Crippen LogP contribution is -2.32. The topological polar surface area (TPSA) is 84.5 Å². The molecule has 0 saturated carbocycles. The molecule has 0 radical (unpaired) electrons. The van der Waals surface area contributed by atoms with E-state index in [0.717, 1.165) is 24.0 Å². The Morgan fingerprint density at radius 3 is 2.39 bits per heavy atom. The average molecular weight is 437 g/mol. The summed E-state index contributed by atoms with van der Waals surface area (Å²) >= 11 is 0. The van der Waals surface area contributed by atoms with Gasteiger partial charge in [0.1, 0.15) is 0 Å².